The van der Waals surface area contributed by atoms with Gasteiger partial charge in [0.2, 0.25) is 5.70 Å². The number of esters is 2. The molecule has 0 saturated carbocycles. The van der Waals surface area contributed by atoms with Gasteiger partial charge < -0.3 is 14.6 Å². The normalized spacial score (nSPS) is 12.0. The van der Waals surface area contributed by atoms with E-state index in [1.165, 1.54) is 0 Å². The third-order valence-corrected chi connectivity index (χ3v) is 2.66. The van der Waals surface area contributed by atoms with Crippen molar-refractivity contribution in [2.24, 2.45) is 10.2 Å². The summed E-state index contributed by atoms with van der Waals surface area (Å²) in [6, 6.07) is 7.09. The molecule has 0 radical (unpaired) electrons. The minimum Gasteiger partial charge on any atom is -0.509 e. The Morgan fingerprint density at radius 3 is 2.26 bits per heavy atom. The molecule has 0 atom stereocenters. The molecule has 7 heteroatoms. The summed E-state index contributed by atoms with van der Waals surface area (Å²) >= 11 is 0. The molecule has 0 aliphatic carbocycles. The maximum atomic E-state index is 11.9. The fourth-order valence-corrected chi connectivity index (χ4v) is 1.57. The number of benzene rings is 1. The molecule has 0 aliphatic rings. The van der Waals surface area contributed by atoms with Gasteiger partial charge in [-0.15, -0.1) is 5.11 Å². The molecule has 23 heavy (non-hydrogen) atoms. The summed E-state index contributed by atoms with van der Waals surface area (Å²) in [7, 11) is 0. The van der Waals surface area contributed by atoms with Crippen molar-refractivity contribution in [2.75, 3.05) is 13.2 Å². The molecule has 0 unspecified atom stereocenters. The van der Waals surface area contributed by atoms with E-state index in [9.17, 15) is 14.7 Å². The monoisotopic (exact) mass is 320 g/mol. The van der Waals surface area contributed by atoms with Gasteiger partial charge in [-0.2, -0.15) is 5.11 Å². The van der Waals surface area contributed by atoms with E-state index in [0.717, 1.165) is 5.56 Å². The van der Waals surface area contributed by atoms with E-state index in [1.54, 1.807) is 26.0 Å². The summed E-state index contributed by atoms with van der Waals surface area (Å²) < 4.78 is 9.53. The van der Waals surface area contributed by atoms with Crippen LogP contribution in [0, 0.1) is 6.92 Å². The zero-order valence-corrected chi connectivity index (χ0v) is 13.4. The van der Waals surface area contributed by atoms with Gasteiger partial charge in [0.15, 0.2) is 0 Å². The van der Waals surface area contributed by atoms with Crippen LogP contribution in [-0.4, -0.2) is 30.3 Å². The summed E-state index contributed by atoms with van der Waals surface area (Å²) in [6.07, 6.45) is -0.477. The lowest BCUT2D eigenvalue weighted by Gasteiger charge is -2.05. The summed E-state index contributed by atoms with van der Waals surface area (Å²) in [5.74, 6) is -2.07. The third-order valence-electron chi connectivity index (χ3n) is 2.66. The molecule has 124 valence electrons. The van der Waals surface area contributed by atoms with E-state index in [-0.39, 0.29) is 13.2 Å². The Labute approximate surface area is 134 Å². The van der Waals surface area contributed by atoms with E-state index in [4.69, 9.17) is 9.47 Å². The minimum absolute atomic E-state index is 0.106. The van der Waals surface area contributed by atoms with Gasteiger partial charge in [-0.1, -0.05) is 17.7 Å². The van der Waals surface area contributed by atoms with Crippen LogP contribution in [0.3, 0.4) is 0 Å². The summed E-state index contributed by atoms with van der Waals surface area (Å²) in [4.78, 5) is 23.3. The number of carbonyl (C=O) groups excluding carboxylic acids is 2. The summed E-state index contributed by atoms with van der Waals surface area (Å²) in [5, 5.41) is 17.6. The number of azo groups is 1. The lowest BCUT2D eigenvalue weighted by molar-refractivity contribution is -0.142. The lowest BCUT2D eigenvalue weighted by atomic mass is 10.2. The number of hydrogen-bond donors (Lipinski definition) is 1. The molecule has 0 saturated heterocycles. The molecule has 1 rings (SSSR count). The van der Waals surface area contributed by atoms with Crippen molar-refractivity contribution in [2.45, 2.75) is 27.2 Å². The molecule has 0 spiro atoms. The van der Waals surface area contributed by atoms with Gasteiger partial charge in [0.05, 0.1) is 18.9 Å². The van der Waals surface area contributed by atoms with Crippen molar-refractivity contribution in [1.29, 1.82) is 0 Å². The van der Waals surface area contributed by atoms with Crippen LogP contribution in [0.2, 0.25) is 0 Å². The highest BCUT2D eigenvalue weighted by Gasteiger charge is 2.19. The number of aryl methyl sites for hydroxylation is 1. The molecule has 1 N–H and O–H groups in total. The number of rotatable bonds is 7. The van der Waals surface area contributed by atoms with E-state index >= 15 is 0 Å². The first-order valence-electron chi connectivity index (χ1n) is 7.21. The summed E-state index contributed by atoms with van der Waals surface area (Å²) in [6.45, 7) is 5.47. The predicted molar refractivity (Wildman–Crippen MR) is 83.2 cm³/mol. The zero-order valence-electron chi connectivity index (χ0n) is 13.4. The van der Waals surface area contributed by atoms with Gasteiger partial charge in [-0.05, 0) is 32.9 Å². The Hall–Kier alpha value is -2.70. The molecule has 0 fully saturated rings. The van der Waals surface area contributed by atoms with Crippen LogP contribution in [0.5, 0.6) is 0 Å². The van der Waals surface area contributed by atoms with Crippen molar-refractivity contribution in [3.05, 3.63) is 41.3 Å². The average molecular weight is 320 g/mol. The van der Waals surface area contributed by atoms with Crippen molar-refractivity contribution in [3.63, 3.8) is 0 Å². The Balaban J connectivity index is 3.01. The molecule has 7 nitrogen and oxygen atoms in total. The standard InChI is InChI=1S/C16H20N2O5/c1-4-22-14(20)10-13(19)15(16(21)23-5-2)18-17-12-8-6-11(3)7-9-12/h6-9,19H,4-5,10H2,1-3H3/b15-13-,18-17?. The highest BCUT2D eigenvalue weighted by atomic mass is 16.5. The highest BCUT2D eigenvalue weighted by Crippen LogP contribution is 2.17. The molecule has 0 aromatic heterocycles. The maximum absolute atomic E-state index is 11.9. The van der Waals surface area contributed by atoms with Gasteiger partial charge in [0.25, 0.3) is 0 Å². The molecular weight excluding hydrogens is 300 g/mol. The second kappa shape index (κ2) is 9.34. The van der Waals surface area contributed by atoms with Crippen molar-refractivity contribution < 1.29 is 24.2 Å². The Bertz CT molecular complexity index is 605. The number of aliphatic hydroxyl groups excluding tert-OH is 1. The van der Waals surface area contributed by atoms with Gasteiger partial charge in [0, 0.05) is 0 Å². The second-order valence-corrected chi connectivity index (χ2v) is 4.53. The molecule has 0 aliphatic heterocycles. The quantitative estimate of drug-likeness (QED) is 0.359. The first-order valence-corrected chi connectivity index (χ1v) is 7.21. The topological polar surface area (TPSA) is 97.5 Å². The fourth-order valence-electron chi connectivity index (χ4n) is 1.57. The fraction of sp³-hybridized carbons (Fsp3) is 0.375. The minimum atomic E-state index is -0.856. The van der Waals surface area contributed by atoms with Crippen LogP contribution in [0.15, 0.2) is 46.0 Å². The van der Waals surface area contributed by atoms with Crippen LogP contribution in [0.1, 0.15) is 25.8 Å². The molecular formula is C16H20N2O5. The van der Waals surface area contributed by atoms with E-state index < -0.39 is 29.8 Å². The number of carbonyl (C=O) groups is 2. The first kappa shape index (κ1) is 18.3. The van der Waals surface area contributed by atoms with Crippen molar-refractivity contribution in [1.82, 2.24) is 0 Å². The van der Waals surface area contributed by atoms with Gasteiger partial charge in [0.1, 0.15) is 12.2 Å². The predicted octanol–water partition coefficient (Wildman–Crippen LogP) is 3.36. The number of ether oxygens (including phenoxy) is 2. The van der Waals surface area contributed by atoms with Crippen LogP contribution in [0.4, 0.5) is 5.69 Å². The molecule has 1 aromatic rings. The average Bonchev–Trinajstić information content (AvgIpc) is 2.49. The van der Waals surface area contributed by atoms with Gasteiger partial charge in [-0.3, -0.25) is 4.79 Å². The maximum Gasteiger partial charge on any atom is 0.362 e. The van der Waals surface area contributed by atoms with Gasteiger partial charge in [-0.25, -0.2) is 4.79 Å². The smallest absolute Gasteiger partial charge is 0.362 e. The first-order chi connectivity index (χ1) is 11.0. The molecule has 0 bridgehead atoms. The third kappa shape index (κ3) is 6.29. The van der Waals surface area contributed by atoms with Gasteiger partial charge >= 0.3 is 11.9 Å². The molecule has 0 heterocycles. The molecule has 0 amide bonds. The SMILES string of the molecule is CCOC(=O)C/C(O)=C(/N=Nc1ccc(C)cc1)C(=O)OCC. The second-order valence-electron chi connectivity index (χ2n) is 4.53. The van der Waals surface area contributed by atoms with E-state index in [2.05, 4.69) is 10.2 Å². The lowest BCUT2D eigenvalue weighted by Crippen LogP contribution is -2.12. The Kier molecular flexibility index (Phi) is 7.45. The van der Waals surface area contributed by atoms with E-state index in [1.807, 2.05) is 19.1 Å². The van der Waals surface area contributed by atoms with Crippen molar-refractivity contribution >= 4 is 17.6 Å². The Morgan fingerprint density at radius 2 is 1.70 bits per heavy atom. The van der Waals surface area contributed by atoms with Crippen molar-refractivity contribution in [3.8, 4) is 0 Å². The van der Waals surface area contributed by atoms with E-state index in [0.29, 0.717) is 5.69 Å². The summed E-state index contributed by atoms with van der Waals surface area (Å²) in [5.41, 5.74) is 1.14. The number of hydrogen-bond acceptors (Lipinski definition) is 7. The number of nitrogens with zero attached hydrogens (tertiary/aromatic N) is 2. The Morgan fingerprint density at radius 1 is 1.09 bits per heavy atom. The largest absolute Gasteiger partial charge is 0.509 e. The zero-order chi connectivity index (χ0) is 17.2. The highest BCUT2D eigenvalue weighted by molar-refractivity contribution is 5.89. The molecule has 1 aromatic carbocycles. The van der Waals surface area contributed by atoms with Crippen LogP contribution in [-0.2, 0) is 19.1 Å². The van der Waals surface area contributed by atoms with Crippen LogP contribution >= 0.6 is 0 Å². The van der Waals surface area contributed by atoms with Crippen LogP contribution < -0.4 is 0 Å². The van der Waals surface area contributed by atoms with Crippen LogP contribution in [0.25, 0.3) is 0 Å². The number of aliphatic hydroxyl groups is 1.